The highest BCUT2D eigenvalue weighted by Crippen LogP contribution is 2.32. The Morgan fingerprint density at radius 1 is 1.12 bits per heavy atom. The van der Waals surface area contributed by atoms with Crippen LogP contribution in [-0.4, -0.2) is 48.4 Å². The van der Waals surface area contributed by atoms with Gasteiger partial charge >= 0.3 is 0 Å². The molecule has 0 spiro atoms. The summed E-state index contributed by atoms with van der Waals surface area (Å²) in [6.07, 6.45) is 4.30. The molecule has 0 aliphatic carbocycles. The Morgan fingerprint density at radius 3 is 2.46 bits per heavy atom. The minimum absolute atomic E-state index is 0.0216. The van der Waals surface area contributed by atoms with Gasteiger partial charge in [-0.2, -0.15) is 0 Å². The van der Waals surface area contributed by atoms with E-state index in [-0.39, 0.29) is 5.91 Å². The maximum absolute atomic E-state index is 12.5. The second-order valence-electron chi connectivity index (χ2n) is 5.64. The first-order valence-electron chi connectivity index (χ1n) is 7.81. The summed E-state index contributed by atoms with van der Waals surface area (Å²) in [5, 5.41) is 0.453. The average molecular weight is 381 g/mol. The number of benzene rings is 1. The van der Waals surface area contributed by atoms with Crippen molar-refractivity contribution in [2.75, 3.05) is 32.7 Å². The van der Waals surface area contributed by atoms with Crippen molar-refractivity contribution in [3.8, 4) is 0 Å². The fourth-order valence-corrected chi connectivity index (χ4v) is 3.98. The number of halogens is 2. The van der Waals surface area contributed by atoms with E-state index in [1.165, 1.54) is 16.9 Å². The van der Waals surface area contributed by atoms with Crippen LogP contribution in [0.15, 0.2) is 42.5 Å². The quantitative estimate of drug-likeness (QED) is 0.777. The van der Waals surface area contributed by atoms with Crippen LogP contribution in [0.25, 0.3) is 6.08 Å². The van der Waals surface area contributed by atoms with E-state index in [1.807, 2.05) is 23.1 Å². The Bertz CT molecular complexity index is 702. The average Bonchev–Trinajstić information content (AvgIpc) is 2.95. The number of carbonyl (C=O) groups is 1. The topological polar surface area (TPSA) is 23.6 Å². The summed E-state index contributed by atoms with van der Waals surface area (Å²) in [4.78, 5) is 17.3. The maximum atomic E-state index is 12.5. The molecule has 24 heavy (non-hydrogen) atoms. The molecule has 1 saturated heterocycles. The van der Waals surface area contributed by atoms with E-state index in [0.29, 0.717) is 14.2 Å². The largest absolute Gasteiger partial charge is 0.335 e. The van der Waals surface area contributed by atoms with Crippen LogP contribution in [0.4, 0.5) is 0 Å². The molecule has 126 valence electrons. The Hall–Kier alpha value is -1.33. The van der Waals surface area contributed by atoms with Gasteiger partial charge in [-0.1, -0.05) is 65.7 Å². The number of hydrogen-bond acceptors (Lipinski definition) is 3. The zero-order valence-corrected chi connectivity index (χ0v) is 15.4. The summed E-state index contributed by atoms with van der Waals surface area (Å²) in [5.74, 6) is 0.0216. The standard InChI is InChI=1S/C18H18Cl2N2OS/c19-15-13-16(24-17(15)20)18(23)22-11-9-21(10-12-22)8-4-7-14-5-2-1-3-6-14/h1-7,13H,8-12H2/b7-4+. The van der Waals surface area contributed by atoms with Gasteiger partial charge < -0.3 is 4.90 Å². The molecular formula is C18H18Cl2N2OS. The summed E-state index contributed by atoms with van der Waals surface area (Å²) < 4.78 is 0.477. The number of carbonyl (C=O) groups excluding carboxylic acids is 1. The first kappa shape index (κ1) is 17.5. The van der Waals surface area contributed by atoms with Crippen LogP contribution in [0.1, 0.15) is 15.2 Å². The lowest BCUT2D eigenvalue weighted by atomic mass is 10.2. The maximum Gasteiger partial charge on any atom is 0.264 e. The van der Waals surface area contributed by atoms with Crippen LogP contribution in [0, 0.1) is 0 Å². The van der Waals surface area contributed by atoms with E-state index < -0.39 is 0 Å². The second kappa shape index (κ2) is 8.17. The van der Waals surface area contributed by atoms with Gasteiger partial charge in [0.1, 0.15) is 4.34 Å². The normalized spacial score (nSPS) is 16.0. The van der Waals surface area contributed by atoms with Gasteiger partial charge in [0.2, 0.25) is 0 Å². The van der Waals surface area contributed by atoms with Gasteiger partial charge in [-0.05, 0) is 11.6 Å². The zero-order valence-electron chi connectivity index (χ0n) is 13.1. The van der Waals surface area contributed by atoms with Crippen LogP contribution in [0.5, 0.6) is 0 Å². The third kappa shape index (κ3) is 4.39. The molecule has 3 nitrogen and oxygen atoms in total. The fourth-order valence-electron chi connectivity index (χ4n) is 2.64. The molecule has 0 bridgehead atoms. The molecule has 1 amide bonds. The fraction of sp³-hybridized carbons (Fsp3) is 0.278. The molecule has 3 rings (SSSR count). The minimum Gasteiger partial charge on any atom is -0.335 e. The zero-order chi connectivity index (χ0) is 16.9. The second-order valence-corrected chi connectivity index (χ2v) is 7.70. The van der Waals surface area contributed by atoms with Gasteiger partial charge in [0.15, 0.2) is 0 Å². The van der Waals surface area contributed by atoms with E-state index in [2.05, 4.69) is 29.2 Å². The summed E-state index contributed by atoms with van der Waals surface area (Å²) >= 11 is 13.1. The minimum atomic E-state index is 0.0216. The number of piperazine rings is 1. The van der Waals surface area contributed by atoms with E-state index in [4.69, 9.17) is 23.2 Å². The van der Waals surface area contributed by atoms with Crippen molar-refractivity contribution in [3.63, 3.8) is 0 Å². The SMILES string of the molecule is O=C(c1cc(Cl)c(Cl)s1)N1CCN(C/C=C/c2ccccc2)CC1. The highest BCUT2D eigenvalue weighted by molar-refractivity contribution is 7.18. The molecule has 0 atom stereocenters. The van der Waals surface area contributed by atoms with Gasteiger partial charge in [-0.15, -0.1) is 11.3 Å². The van der Waals surface area contributed by atoms with Gasteiger partial charge in [0.25, 0.3) is 5.91 Å². The van der Waals surface area contributed by atoms with Crippen molar-refractivity contribution in [1.82, 2.24) is 9.80 Å². The lowest BCUT2D eigenvalue weighted by Crippen LogP contribution is -2.48. The summed E-state index contributed by atoms with van der Waals surface area (Å²) in [7, 11) is 0. The molecule has 1 aromatic carbocycles. The number of rotatable bonds is 4. The monoisotopic (exact) mass is 380 g/mol. The van der Waals surface area contributed by atoms with E-state index >= 15 is 0 Å². The molecule has 6 heteroatoms. The molecule has 1 aliphatic rings. The number of nitrogens with zero attached hydrogens (tertiary/aromatic N) is 2. The smallest absolute Gasteiger partial charge is 0.264 e. The van der Waals surface area contributed by atoms with Crippen molar-refractivity contribution in [2.45, 2.75) is 0 Å². The van der Waals surface area contributed by atoms with E-state index in [0.717, 1.165) is 32.7 Å². The number of hydrogen-bond donors (Lipinski definition) is 0. The summed E-state index contributed by atoms with van der Waals surface area (Å²) in [6.45, 7) is 4.10. The highest BCUT2D eigenvalue weighted by Gasteiger charge is 2.23. The van der Waals surface area contributed by atoms with E-state index in [1.54, 1.807) is 6.07 Å². The lowest BCUT2D eigenvalue weighted by Gasteiger charge is -2.33. The lowest BCUT2D eigenvalue weighted by molar-refractivity contribution is 0.0655. The molecule has 1 aliphatic heterocycles. The Kier molecular flexibility index (Phi) is 5.95. The van der Waals surface area contributed by atoms with Crippen molar-refractivity contribution >= 4 is 46.5 Å². The van der Waals surface area contributed by atoms with Crippen LogP contribution in [-0.2, 0) is 0 Å². The summed E-state index contributed by atoms with van der Waals surface area (Å²) in [6, 6.07) is 11.9. The molecule has 0 unspecified atom stereocenters. The Balaban J connectivity index is 1.49. The number of thiophene rings is 1. The van der Waals surface area contributed by atoms with Crippen molar-refractivity contribution in [3.05, 3.63) is 62.3 Å². The molecule has 0 saturated carbocycles. The molecule has 2 aromatic rings. The summed E-state index contributed by atoms with van der Waals surface area (Å²) in [5.41, 5.74) is 1.21. The van der Waals surface area contributed by atoms with Gasteiger partial charge in [0.05, 0.1) is 9.90 Å². The third-order valence-electron chi connectivity index (χ3n) is 3.99. The van der Waals surface area contributed by atoms with Gasteiger partial charge in [0, 0.05) is 32.7 Å². The molecule has 1 fully saturated rings. The highest BCUT2D eigenvalue weighted by atomic mass is 35.5. The van der Waals surface area contributed by atoms with Crippen molar-refractivity contribution in [2.24, 2.45) is 0 Å². The Labute approximate surface area is 156 Å². The van der Waals surface area contributed by atoms with Crippen LogP contribution in [0.2, 0.25) is 9.36 Å². The number of amides is 1. The predicted molar refractivity (Wildman–Crippen MR) is 102 cm³/mol. The van der Waals surface area contributed by atoms with E-state index in [9.17, 15) is 4.79 Å². The van der Waals surface area contributed by atoms with Crippen LogP contribution < -0.4 is 0 Å². The van der Waals surface area contributed by atoms with Crippen molar-refractivity contribution < 1.29 is 4.79 Å². The van der Waals surface area contributed by atoms with Gasteiger partial charge in [-0.25, -0.2) is 0 Å². The van der Waals surface area contributed by atoms with Crippen LogP contribution in [0.3, 0.4) is 0 Å². The predicted octanol–water partition coefficient (Wildman–Crippen LogP) is 4.53. The molecular weight excluding hydrogens is 363 g/mol. The van der Waals surface area contributed by atoms with Gasteiger partial charge in [-0.3, -0.25) is 9.69 Å². The molecule has 2 heterocycles. The third-order valence-corrected chi connectivity index (χ3v) is 5.84. The van der Waals surface area contributed by atoms with Crippen LogP contribution >= 0.6 is 34.5 Å². The first-order valence-corrected chi connectivity index (χ1v) is 9.39. The molecule has 1 aromatic heterocycles. The Morgan fingerprint density at radius 2 is 1.83 bits per heavy atom. The van der Waals surface area contributed by atoms with Crippen molar-refractivity contribution in [1.29, 1.82) is 0 Å². The molecule has 0 radical (unpaired) electrons. The molecule has 0 N–H and O–H groups in total. The first-order chi connectivity index (χ1) is 11.6.